The monoisotopic (exact) mass is 511 g/mol. The Kier molecular flexibility index (Phi) is 5.90. The van der Waals surface area contributed by atoms with E-state index in [1.807, 2.05) is 35.9 Å². The summed E-state index contributed by atoms with van der Waals surface area (Å²) >= 11 is 6.56. The third-order valence-electron chi connectivity index (χ3n) is 6.43. The van der Waals surface area contributed by atoms with Crippen molar-refractivity contribution in [3.05, 3.63) is 60.3 Å². The molecule has 3 aromatic heterocycles. The third kappa shape index (κ3) is 4.57. The molecule has 0 unspecified atom stereocenters. The lowest BCUT2D eigenvalue weighted by atomic mass is 10.1. The molecule has 0 amide bonds. The van der Waals surface area contributed by atoms with E-state index in [9.17, 15) is 0 Å². The second-order valence-electron chi connectivity index (χ2n) is 8.97. The number of hydrogen-bond acceptors (Lipinski definition) is 9. The summed E-state index contributed by atoms with van der Waals surface area (Å²) in [6, 6.07) is 13.4. The fourth-order valence-corrected chi connectivity index (χ4v) is 4.72. The molecule has 6 rings (SSSR count). The largest absolute Gasteiger partial charge is 0.456 e. The smallest absolute Gasteiger partial charge is 0.226 e. The van der Waals surface area contributed by atoms with Crippen molar-refractivity contribution in [2.75, 3.05) is 23.3 Å². The van der Waals surface area contributed by atoms with Crippen molar-refractivity contribution in [2.24, 2.45) is 13.0 Å². The lowest BCUT2D eigenvalue weighted by Gasteiger charge is -2.16. The van der Waals surface area contributed by atoms with Gasteiger partial charge in [0.05, 0.1) is 34.6 Å². The van der Waals surface area contributed by atoms with E-state index in [2.05, 4.69) is 36.2 Å². The van der Waals surface area contributed by atoms with Crippen LogP contribution in [0.1, 0.15) is 12.8 Å². The number of anilines is 3. The van der Waals surface area contributed by atoms with Crippen molar-refractivity contribution >= 4 is 51.1 Å². The van der Waals surface area contributed by atoms with Gasteiger partial charge in [-0.05, 0) is 42.7 Å². The van der Waals surface area contributed by atoms with Crippen molar-refractivity contribution in [2.45, 2.75) is 12.8 Å². The van der Waals surface area contributed by atoms with Crippen LogP contribution in [0.15, 0.2) is 55.2 Å². The maximum absolute atomic E-state index is 9.01. The van der Waals surface area contributed by atoms with Gasteiger partial charge < -0.3 is 19.5 Å². The summed E-state index contributed by atoms with van der Waals surface area (Å²) < 4.78 is 7.97. The van der Waals surface area contributed by atoms with E-state index in [1.54, 1.807) is 24.7 Å². The molecule has 1 saturated heterocycles. The molecule has 1 aliphatic rings. The number of nitriles is 1. The molecule has 184 valence electrons. The number of nitrogens with one attached hydrogen (secondary N) is 1. The van der Waals surface area contributed by atoms with Crippen LogP contribution in [0.25, 0.3) is 22.1 Å². The maximum Gasteiger partial charge on any atom is 0.226 e. The van der Waals surface area contributed by atoms with E-state index >= 15 is 0 Å². The summed E-state index contributed by atoms with van der Waals surface area (Å²) in [7, 11) is 1.95. The normalized spacial score (nSPS) is 15.3. The van der Waals surface area contributed by atoms with E-state index in [1.165, 1.54) is 6.33 Å². The maximum atomic E-state index is 9.01. The highest BCUT2D eigenvalue weighted by molar-refractivity contribution is 6.32. The highest BCUT2D eigenvalue weighted by atomic mass is 35.5. The first-order valence-corrected chi connectivity index (χ1v) is 12.2. The van der Waals surface area contributed by atoms with Crippen LogP contribution in [0, 0.1) is 17.2 Å². The Bertz CT molecular complexity index is 1660. The lowest BCUT2D eigenvalue weighted by Crippen LogP contribution is -2.22. The lowest BCUT2D eigenvalue weighted by molar-refractivity contribution is 0.483. The first-order chi connectivity index (χ1) is 18.1. The fourth-order valence-electron chi connectivity index (χ4n) is 4.50. The molecule has 1 atom stereocenters. The molecule has 2 aromatic carbocycles. The molecular weight excluding hydrogens is 490 g/mol. The summed E-state index contributed by atoms with van der Waals surface area (Å²) in [6.07, 6.45) is 6.43. The summed E-state index contributed by atoms with van der Waals surface area (Å²) in [5.74, 6) is 2.67. The van der Waals surface area contributed by atoms with Crippen LogP contribution in [0.4, 0.5) is 17.5 Å². The van der Waals surface area contributed by atoms with Gasteiger partial charge in [0.1, 0.15) is 28.9 Å². The molecule has 10 nitrogen and oxygen atoms in total. The Morgan fingerprint density at radius 2 is 2.05 bits per heavy atom. The minimum absolute atomic E-state index is 0.336. The Hall–Kier alpha value is -4.49. The molecule has 1 fully saturated rings. The predicted octanol–water partition coefficient (Wildman–Crippen LogP) is 5.24. The van der Waals surface area contributed by atoms with Crippen LogP contribution in [0.5, 0.6) is 11.5 Å². The van der Waals surface area contributed by atoms with Crippen LogP contribution in [-0.4, -0.2) is 42.6 Å². The molecule has 0 saturated carbocycles. The zero-order valence-corrected chi connectivity index (χ0v) is 20.7. The van der Waals surface area contributed by atoms with Gasteiger partial charge in [0.2, 0.25) is 5.95 Å². The molecule has 4 heterocycles. The van der Waals surface area contributed by atoms with Gasteiger partial charge >= 0.3 is 0 Å². The molecule has 0 spiro atoms. The number of halogens is 1. The van der Waals surface area contributed by atoms with Gasteiger partial charge in [-0.3, -0.25) is 0 Å². The van der Waals surface area contributed by atoms with Gasteiger partial charge in [-0.15, -0.1) is 0 Å². The van der Waals surface area contributed by atoms with Crippen molar-refractivity contribution in [1.29, 1.82) is 5.26 Å². The number of fused-ring (bicyclic) bond motifs is 2. The van der Waals surface area contributed by atoms with Crippen LogP contribution in [0.3, 0.4) is 0 Å². The molecule has 0 radical (unpaired) electrons. The minimum atomic E-state index is 0.336. The van der Waals surface area contributed by atoms with E-state index < -0.39 is 0 Å². The second-order valence-corrected chi connectivity index (χ2v) is 9.37. The molecule has 5 aromatic rings. The summed E-state index contributed by atoms with van der Waals surface area (Å²) in [6.45, 7) is 1.58. The van der Waals surface area contributed by atoms with Gasteiger partial charge in [0.15, 0.2) is 5.82 Å². The number of aromatic nitrogens is 6. The molecule has 1 N–H and O–H groups in total. The summed E-state index contributed by atoms with van der Waals surface area (Å²) in [5, 5.41) is 12.7. The van der Waals surface area contributed by atoms with Crippen LogP contribution >= 0.6 is 11.6 Å². The molecular formula is C26H22ClN9O. The minimum Gasteiger partial charge on any atom is -0.456 e. The Labute approximate surface area is 217 Å². The molecule has 1 aliphatic heterocycles. The quantitative estimate of drug-likeness (QED) is 0.326. The van der Waals surface area contributed by atoms with E-state index in [0.717, 1.165) is 36.2 Å². The van der Waals surface area contributed by atoms with E-state index in [0.29, 0.717) is 51.7 Å². The average molecular weight is 512 g/mol. The van der Waals surface area contributed by atoms with Crippen LogP contribution in [0.2, 0.25) is 5.02 Å². The summed E-state index contributed by atoms with van der Waals surface area (Å²) in [5.41, 5.74) is 3.84. The van der Waals surface area contributed by atoms with Gasteiger partial charge in [-0.25, -0.2) is 24.9 Å². The zero-order valence-electron chi connectivity index (χ0n) is 20.0. The van der Waals surface area contributed by atoms with Gasteiger partial charge in [-0.2, -0.15) is 5.26 Å². The average Bonchev–Trinajstić information content (AvgIpc) is 3.52. The third-order valence-corrected chi connectivity index (χ3v) is 6.73. The number of ether oxygens (including phenoxy) is 1. The SMILES string of the molecule is Cn1cnc2cc(Oc3ccc(Nc4ncnc5cnc(N6CC[C@@H](CC#N)C6)nc45)cc3Cl)ccc21. The number of hydrogen-bond donors (Lipinski definition) is 1. The van der Waals surface area contributed by atoms with Crippen molar-refractivity contribution in [1.82, 2.24) is 29.5 Å². The van der Waals surface area contributed by atoms with Crippen molar-refractivity contribution in [3.63, 3.8) is 0 Å². The first-order valence-electron chi connectivity index (χ1n) is 11.8. The van der Waals surface area contributed by atoms with Crippen LogP contribution in [-0.2, 0) is 7.05 Å². The highest BCUT2D eigenvalue weighted by Gasteiger charge is 2.24. The Morgan fingerprint density at radius 3 is 2.92 bits per heavy atom. The number of imidazole rings is 1. The molecule has 0 bridgehead atoms. The molecule has 0 aliphatic carbocycles. The number of benzene rings is 2. The molecule has 11 heteroatoms. The van der Waals surface area contributed by atoms with Crippen LogP contribution < -0.4 is 15.0 Å². The first kappa shape index (κ1) is 22.9. The predicted molar refractivity (Wildman–Crippen MR) is 141 cm³/mol. The van der Waals surface area contributed by atoms with Gasteiger partial charge in [0.25, 0.3) is 0 Å². The Morgan fingerprint density at radius 1 is 1.14 bits per heavy atom. The topological polar surface area (TPSA) is 118 Å². The highest BCUT2D eigenvalue weighted by Crippen LogP contribution is 2.34. The number of nitrogens with zero attached hydrogens (tertiary/aromatic N) is 8. The number of aryl methyl sites for hydroxylation is 1. The molecule has 37 heavy (non-hydrogen) atoms. The van der Waals surface area contributed by atoms with E-state index in [-0.39, 0.29) is 0 Å². The zero-order chi connectivity index (χ0) is 25.4. The number of rotatable bonds is 6. The fraction of sp³-hybridized carbons (Fsp3) is 0.231. The van der Waals surface area contributed by atoms with Gasteiger partial charge in [-0.1, -0.05) is 11.6 Å². The standard InChI is InChI=1S/C26H22ClN9O/c1-35-15-32-20-11-18(3-4-22(20)35)37-23-5-2-17(10-19(23)27)33-25-24-21(30-14-31-25)12-29-26(34-24)36-9-7-16(13-36)6-8-28/h2-5,10-12,14-16H,6-7,9,13H2,1H3,(H,30,31,33)/t16-/m1/s1. The van der Waals surface area contributed by atoms with Crippen molar-refractivity contribution < 1.29 is 4.74 Å². The van der Waals surface area contributed by atoms with E-state index in [4.69, 9.17) is 26.6 Å². The van der Waals surface area contributed by atoms with Gasteiger partial charge in [0, 0.05) is 38.3 Å². The van der Waals surface area contributed by atoms with Crippen molar-refractivity contribution in [3.8, 4) is 17.6 Å². The summed E-state index contributed by atoms with van der Waals surface area (Å²) in [4.78, 5) is 24.4. The second kappa shape index (κ2) is 9.52. The Balaban J connectivity index is 1.23.